The van der Waals surface area contributed by atoms with Crippen LogP contribution in [0.3, 0.4) is 0 Å². The Bertz CT molecular complexity index is 2370. The lowest BCUT2D eigenvalue weighted by atomic mass is 9.92. The predicted molar refractivity (Wildman–Crippen MR) is 379 cm³/mol. The van der Waals surface area contributed by atoms with Gasteiger partial charge in [0.1, 0.15) is 11.9 Å². The van der Waals surface area contributed by atoms with Crippen molar-refractivity contribution >= 4 is 24.4 Å². The highest BCUT2D eigenvalue weighted by atomic mass is 32.2. The number of hydrogen-bond donors (Lipinski definition) is 2. The zero-order valence-corrected chi connectivity index (χ0v) is 63.2. The number of alkyl halides is 3. The third-order valence-electron chi connectivity index (χ3n) is 20.3. The quantitative estimate of drug-likeness (QED) is 0.0152. The van der Waals surface area contributed by atoms with Crippen molar-refractivity contribution in [2.75, 3.05) is 0 Å². The SMILES string of the molecule is C=C(C)C(C)CC(O)CCC1O[C@@H](CCCC)CC1=C.C=C(C)C(C)CC(O)CCC1O[C@@H](CCCC)CC1C.C=C1C[C@H](CCCC)OC1CC[C@@H]1C[C@@H](C)C(=O)O1.C=C1C[C@H](CCCC)OC1CC[C@H](C[C@@H](C)C(=C)OS(=O)(=O)C(F)(F)F)O[Si](C)(C)C(C)(C)C. The lowest BCUT2D eigenvalue weighted by Gasteiger charge is -2.40. The molecule has 0 radical (unpaired) electrons. The molecule has 5 fully saturated rings. The number of unbranched alkanes of at least 4 members (excludes halogenated alkanes) is 4. The Kier molecular flexibility index (Phi) is 39.4. The first-order valence-electron chi connectivity index (χ1n) is 36.2. The maximum absolute atomic E-state index is 12.7. The number of esters is 1. The van der Waals surface area contributed by atoms with E-state index in [9.17, 15) is 36.6 Å². The van der Waals surface area contributed by atoms with E-state index in [0.717, 1.165) is 126 Å². The molecule has 0 aromatic rings. The fraction of sp³-hybridized carbons (Fsp3) is 0.829. The van der Waals surface area contributed by atoms with Crippen LogP contribution in [0.4, 0.5) is 13.2 Å². The van der Waals surface area contributed by atoms with Gasteiger partial charge in [-0.05, 0) is 195 Å². The highest BCUT2D eigenvalue weighted by Crippen LogP contribution is 2.41. The van der Waals surface area contributed by atoms with Gasteiger partial charge in [0.15, 0.2) is 8.32 Å². The number of aliphatic hydroxyl groups excluding tert-OH is 2. The molecule has 0 bridgehead atoms. The molecule has 5 rings (SSSR count). The molecule has 2 N–H and O–H groups in total. The van der Waals surface area contributed by atoms with E-state index in [0.29, 0.717) is 55.0 Å². The minimum Gasteiger partial charge on any atom is -0.462 e. The molecule has 0 amide bonds. The Morgan fingerprint density at radius 1 is 0.591 bits per heavy atom. The minimum atomic E-state index is -5.75. The number of halogens is 3. The molecule has 5 heterocycles. The Hall–Kier alpha value is -2.61. The molecule has 0 saturated carbocycles. The number of hydrogen-bond acceptors (Lipinski definition) is 12. The van der Waals surface area contributed by atoms with E-state index in [1.807, 2.05) is 20.8 Å². The molecule has 17 atom stereocenters. The van der Waals surface area contributed by atoms with E-state index in [2.05, 4.69) is 126 Å². The second kappa shape index (κ2) is 42.4. The largest absolute Gasteiger partial charge is 0.534 e. The Labute approximate surface area is 566 Å². The van der Waals surface area contributed by atoms with E-state index in [1.165, 1.54) is 62.5 Å². The van der Waals surface area contributed by atoms with Crippen LogP contribution in [0.5, 0.6) is 0 Å². The summed E-state index contributed by atoms with van der Waals surface area (Å²) in [5.41, 5.74) is 0.301. The van der Waals surface area contributed by atoms with Crippen molar-refractivity contribution in [2.24, 2.45) is 29.6 Å². The van der Waals surface area contributed by atoms with Gasteiger partial charge in [-0.1, -0.05) is 185 Å². The summed E-state index contributed by atoms with van der Waals surface area (Å²) in [6, 6.07) is 0. The van der Waals surface area contributed by atoms with E-state index in [-0.39, 0.29) is 72.2 Å². The number of aliphatic hydroxyl groups is 2. The summed E-state index contributed by atoms with van der Waals surface area (Å²) < 4.78 is 102. The summed E-state index contributed by atoms with van der Waals surface area (Å²) in [5, 5.41) is 20.2. The first-order chi connectivity index (χ1) is 43.3. The van der Waals surface area contributed by atoms with Gasteiger partial charge < -0.3 is 42.5 Å². The normalized spacial score (nSPS) is 27.0. The number of cyclic esters (lactones) is 1. The molecule has 5 aliphatic heterocycles. The van der Waals surface area contributed by atoms with Gasteiger partial charge >= 0.3 is 21.6 Å². The number of carbonyl (C=O) groups excluding carboxylic acids is 1. The zero-order chi connectivity index (χ0) is 70.6. The zero-order valence-electron chi connectivity index (χ0n) is 61.4. The van der Waals surface area contributed by atoms with Gasteiger partial charge in [0.2, 0.25) is 0 Å². The van der Waals surface area contributed by atoms with Gasteiger partial charge in [-0.3, -0.25) is 4.79 Å². The fourth-order valence-corrected chi connectivity index (χ4v) is 14.4. The number of ether oxygens (including phenoxy) is 5. The molecule has 5 aliphatic rings. The molecule has 0 aromatic carbocycles. The first-order valence-corrected chi connectivity index (χ1v) is 40.5. The van der Waals surface area contributed by atoms with Gasteiger partial charge in [-0.15, -0.1) is 0 Å². The monoisotopic (exact) mass is 1360 g/mol. The van der Waals surface area contributed by atoms with Crippen LogP contribution in [0.15, 0.2) is 73.1 Å². The number of carbonyl (C=O) groups is 1. The molecule has 542 valence electrons. The van der Waals surface area contributed by atoms with E-state index in [1.54, 1.807) is 6.92 Å². The molecular formula is C76H135F3O12SSi. The van der Waals surface area contributed by atoms with Crippen molar-refractivity contribution in [3.05, 3.63) is 73.1 Å². The summed E-state index contributed by atoms with van der Waals surface area (Å²) in [4.78, 5) is 11.3. The Morgan fingerprint density at radius 3 is 1.39 bits per heavy atom. The average molecular weight is 1360 g/mol. The first kappa shape index (κ1) is 86.5. The maximum atomic E-state index is 12.7. The highest BCUT2D eigenvalue weighted by molar-refractivity contribution is 7.87. The van der Waals surface area contributed by atoms with Gasteiger partial charge in [0.25, 0.3) is 0 Å². The van der Waals surface area contributed by atoms with Crippen molar-refractivity contribution in [1.29, 1.82) is 0 Å². The van der Waals surface area contributed by atoms with Crippen LogP contribution in [0, 0.1) is 29.6 Å². The number of rotatable bonds is 37. The summed E-state index contributed by atoms with van der Waals surface area (Å²) in [6.45, 7) is 57.3. The third-order valence-corrected chi connectivity index (χ3v) is 25.8. The van der Waals surface area contributed by atoms with E-state index in [4.69, 9.17) is 28.1 Å². The molecule has 0 spiro atoms. The summed E-state index contributed by atoms with van der Waals surface area (Å²) in [7, 11) is -7.95. The fourth-order valence-electron chi connectivity index (χ4n) is 12.4. The maximum Gasteiger partial charge on any atom is 0.534 e. The van der Waals surface area contributed by atoms with Gasteiger partial charge in [-0.2, -0.15) is 21.6 Å². The molecule has 0 aromatic heterocycles. The molecule has 5 saturated heterocycles. The minimum absolute atomic E-state index is 0.0445. The molecule has 12 nitrogen and oxygen atoms in total. The van der Waals surface area contributed by atoms with Crippen molar-refractivity contribution in [3.63, 3.8) is 0 Å². The third kappa shape index (κ3) is 32.3. The van der Waals surface area contributed by atoms with Crippen LogP contribution in [-0.2, 0) is 47.2 Å². The Morgan fingerprint density at radius 2 is 1.00 bits per heavy atom. The smallest absolute Gasteiger partial charge is 0.462 e. The van der Waals surface area contributed by atoms with Gasteiger partial charge in [-0.25, -0.2) is 0 Å². The van der Waals surface area contributed by atoms with E-state index >= 15 is 0 Å². The lowest BCUT2D eigenvalue weighted by Crippen LogP contribution is -2.44. The summed E-state index contributed by atoms with van der Waals surface area (Å²) >= 11 is 0. The van der Waals surface area contributed by atoms with Gasteiger partial charge in [0, 0.05) is 12.0 Å². The van der Waals surface area contributed by atoms with Gasteiger partial charge in [0.05, 0.1) is 67.0 Å². The lowest BCUT2D eigenvalue weighted by molar-refractivity contribution is -0.144. The van der Waals surface area contributed by atoms with Crippen molar-refractivity contribution in [1.82, 2.24) is 0 Å². The van der Waals surface area contributed by atoms with E-state index < -0.39 is 35.6 Å². The Balaban J connectivity index is 0.000000437. The molecule has 0 aliphatic carbocycles. The van der Waals surface area contributed by atoms with Crippen molar-refractivity contribution < 1.29 is 68.9 Å². The van der Waals surface area contributed by atoms with Crippen LogP contribution in [0.25, 0.3) is 0 Å². The number of allylic oxidation sites excluding steroid dienone is 3. The molecule has 93 heavy (non-hydrogen) atoms. The average Bonchev–Trinajstić information content (AvgIpc) is 1.83. The second-order valence-corrected chi connectivity index (χ2v) is 36.6. The topological polar surface area (TPSA) is 156 Å². The van der Waals surface area contributed by atoms with Crippen LogP contribution >= 0.6 is 0 Å². The predicted octanol–water partition coefficient (Wildman–Crippen LogP) is 20.4. The second-order valence-electron chi connectivity index (χ2n) is 30.3. The van der Waals surface area contributed by atoms with Crippen molar-refractivity contribution in [2.45, 2.75) is 374 Å². The molecule has 9 unspecified atom stereocenters. The van der Waals surface area contributed by atoms with Crippen LogP contribution in [0.2, 0.25) is 18.1 Å². The summed E-state index contributed by atoms with van der Waals surface area (Å²) in [5.74, 6) is 0.355. The summed E-state index contributed by atoms with van der Waals surface area (Å²) in [6.07, 6.45) is 28.9. The van der Waals surface area contributed by atoms with Crippen molar-refractivity contribution in [3.8, 4) is 0 Å². The van der Waals surface area contributed by atoms with Crippen LogP contribution in [-0.4, -0.2) is 112 Å². The van der Waals surface area contributed by atoms with Crippen LogP contribution in [0.1, 0.15) is 277 Å². The standard InChI is InChI=1S/C24H43F3O5SSi.C18H34O2.C18H32O2.C16H26O3/c1-10-11-12-20-16-18(3)22(30-20)14-13-21(32-34(8,9)23(5,6)7)15-17(2)19(4)31-33(28,29)24(25,26)27;2*1-6-7-8-17-12-15(5)18(20-17)10-9-16(19)11-14(4)13(2)3;1-4-5-6-13-9-11(2)15(18-13)8-7-14-10-12(3)16(17)19-14/h17,20-22H,3-4,10-16H2,1-2,5-9H3;14-19H,2,6-12H2,1,3-5H3;14,16-19H,2,5-12H2,1,3-4H3;12-15H,2,4-10H2,1,3H3/t17-,20+,21-,22?;14?,15?,16?,17-,18?;14?,16?,17-,18?;12-,13+,14-,15?/m1001/s1. The highest BCUT2D eigenvalue weighted by Gasteiger charge is 2.49. The van der Waals surface area contributed by atoms with Crippen LogP contribution < -0.4 is 0 Å². The molecular weight excluding hydrogens is 1220 g/mol. The molecule has 17 heteroatoms.